The van der Waals surface area contributed by atoms with Gasteiger partial charge in [-0.1, -0.05) is 34.1 Å². The number of fused-ring (bicyclic) bond motifs is 1. The molecule has 0 aromatic heterocycles. The number of hydrogen-bond acceptors (Lipinski definition) is 2. The maximum absolute atomic E-state index is 6.04. The zero-order chi connectivity index (χ0) is 14.8. The molecule has 3 rings (SSSR count). The molecule has 0 spiro atoms. The maximum Gasteiger partial charge on any atom is 0.122 e. The molecule has 2 aromatic rings. The summed E-state index contributed by atoms with van der Waals surface area (Å²) in [5.74, 6) is 2.34. The molecule has 1 atom stereocenters. The van der Waals surface area contributed by atoms with Gasteiger partial charge >= 0.3 is 0 Å². The minimum absolute atomic E-state index is 0.402. The Bertz CT molecular complexity index is 628. The Morgan fingerprint density at radius 2 is 1.90 bits per heavy atom. The van der Waals surface area contributed by atoms with Crippen molar-refractivity contribution in [1.29, 1.82) is 0 Å². The van der Waals surface area contributed by atoms with E-state index in [2.05, 4.69) is 54.0 Å². The topological polar surface area (TPSA) is 18.5 Å². The summed E-state index contributed by atoms with van der Waals surface area (Å²) in [5, 5.41) is 0. The van der Waals surface area contributed by atoms with E-state index in [1.165, 1.54) is 16.7 Å². The molecule has 3 heteroatoms. The molecule has 1 unspecified atom stereocenters. The van der Waals surface area contributed by atoms with Gasteiger partial charge in [0.1, 0.15) is 11.5 Å². The van der Waals surface area contributed by atoms with Gasteiger partial charge in [0.2, 0.25) is 0 Å². The highest BCUT2D eigenvalue weighted by Crippen LogP contribution is 2.34. The summed E-state index contributed by atoms with van der Waals surface area (Å²) in [6.07, 6.45) is 1.01. The van der Waals surface area contributed by atoms with E-state index >= 15 is 0 Å². The second-order valence-corrected chi connectivity index (χ2v) is 6.35. The minimum atomic E-state index is 0.402. The zero-order valence-corrected chi connectivity index (χ0v) is 13.9. The van der Waals surface area contributed by atoms with E-state index in [0.717, 1.165) is 29.0 Å². The first-order valence-electron chi connectivity index (χ1n) is 7.26. The summed E-state index contributed by atoms with van der Waals surface area (Å²) in [6.45, 7) is 5.64. The molecule has 0 radical (unpaired) electrons. The van der Waals surface area contributed by atoms with Gasteiger partial charge in [-0.05, 0) is 49.6 Å². The van der Waals surface area contributed by atoms with Crippen LogP contribution in [-0.2, 0) is 0 Å². The highest BCUT2D eigenvalue weighted by atomic mass is 79.9. The van der Waals surface area contributed by atoms with Crippen LogP contribution in [0.3, 0.4) is 0 Å². The Balaban J connectivity index is 1.74. The van der Waals surface area contributed by atoms with Gasteiger partial charge in [-0.25, -0.2) is 0 Å². The summed E-state index contributed by atoms with van der Waals surface area (Å²) < 4.78 is 12.9. The lowest BCUT2D eigenvalue weighted by atomic mass is 9.94. The van der Waals surface area contributed by atoms with Crippen molar-refractivity contribution >= 4 is 15.9 Å². The van der Waals surface area contributed by atoms with Crippen LogP contribution in [0.1, 0.15) is 29.0 Å². The summed E-state index contributed by atoms with van der Waals surface area (Å²) in [4.78, 5) is 0. The van der Waals surface area contributed by atoms with Crippen LogP contribution >= 0.6 is 15.9 Å². The molecular formula is C18H19BrO2. The average Bonchev–Trinajstić information content (AvgIpc) is 2.50. The van der Waals surface area contributed by atoms with Gasteiger partial charge in [-0.2, -0.15) is 0 Å². The molecule has 2 aromatic carbocycles. The molecule has 0 aliphatic carbocycles. The molecule has 21 heavy (non-hydrogen) atoms. The average molecular weight is 347 g/mol. The number of rotatable bonds is 3. The molecule has 2 nitrogen and oxygen atoms in total. The summed E-state index contributed by atoms with van der Waals surface area (Å²) in [6, 6.07) is 12.4. The van der Waals surface area contributed by atoms with E-state index < -0.39 is 0 Å². The minimum Gasteiger partial charge on any atom is -0.493 e. The van der Waals surface area contributed by atoms with Crippen molar-refractivity contribution in [1.82, 2.24) is 0 Å². The fraction of sp³-hybridized carbons (Fsp3) is 0.333. The molecule has 110 valence electrons. The van der Waals surface area contributed by atoms with Crippen LogP contribution in [0.2, 0.25) is 0 Å². The Labute approximate surface area is 134 Å². The summed E-state index contributed by atoms with van der Waals surface area (Å²) in [7, 11) is 0. The van der Waals surface area contributed by atoms with Crippen molar-refractivity contribution in [2.45, 2.75) is 26.2 Å². The van der Waals surface area contributed by atoms with Crippen molar-refractivity contribution in [3.63, 3.8) is 0 Å². The highest BCUT2D eigenvalue weighted by Gasteiger charge is 2.21. The largest absolute Gasteiger partial charge is 0.493 e. The summed E-state index contributed by atoms with van der Waals surface area (Å²) >= 11 is 3.59. The van der Waals surface area contributed by atoms with E-state index in [1.54, 1.807) is 0 Å². The van der Waals surface area contributed by atoms with Gasteiger partial charge in [-0.3, -0.25) is 0 Å². The molecule has 0 saturated heterocycles. The van der Waals surface area contributed by atoms with Crippen LogP contribution in [0.5, 0.6) is 11.5 Å². The van der Waals surface area contributed by atoms with Crippen molar-refractivity contribution in [3.05, 3.63) is 57.6 Å². The van der Waals surface area contributed by atoms with Gasteiger partial charge in [0.05, 0.1) is 13.2 Å². The second kappa shape index (κ2) is 6.10. The number of aryl methyl sites for hydroxylation is 2. The molecule has 1 aliphatic rings. The lowest BCUT2D eigenvalue weighted by molar-refractivity contribution is 0.217. The third-order valence-electron chi connectivity index (χ3n) is 3.94. The van der Waals surface area contributed by atoms with Crippen LogP contribution in [0.15, 0.2) is 40.9 Å². The lowest BCUT2D eigenvalue weighted by Gasteiger charge is -2.26. The Morgan fingerprint density at radius 1 is 1.19 bits per heavy atom. The number of para-hydroxylation sites is 1. The van der Waals surface area contributed by atoms with Crippen molar-refractivity contribution < 1.29 is 9.47 Å². The van der Waals surface area contributed by atoms with Crippen LogP contribution in [-0.4, -0.2) is 13.2 Å². The molecule has 0 fully saturated rings. The van der Waals surface area contributed by atoms with Crippen LogP contribution in [0.25, 0.3) is 0 Å². The van der Waals surface area contributed by atoms with E-state index in [9.17, 15) is 0 Å². The van der Waals surface area contributed by atoms with Gasteiger partial charge in [0.15, 0.2) is 0 Å². The Kier molecular flexibility index (Phi) is 4.20. The zero-order valence-electron chi connectivity index (χ0n) is 12.4. The second-order valence-electron chi connectivity index (χ2n) is 5.55. The first-order valence-corrected chi connectivity index (χ1v) is 8.05. The van der Waals surface area contributed by atoms with Crippen LogP contribution in [0.4, 0.5) is 0 Å². The normalized spacial score (nSPS) is 17.0. The third kappa shape index (κ3) is 3.08. The van der Waals surface area contributed by atoms with Gasteiger partial charge in [-0.15, -0.1) is 0 Å². The quantitative estimate of drug-likeness (QED) is 0.777. The highest BCUT2D eigenvalue weighted by molar-refractivity contribution is 9.10. The molecule has 0 bridgehead atoms. The summed E-state index contributed by atoms with van der Waals surface area (Å²) in [5.41, 5.74) is 3.67. The first kappa shape index (κ1) is 14.5. The standard InChI is InChI=1S/C18H19BrO2/c1-12-9-15(10-13(2)18(12)19)21-11-14-7-8-20-17-6-4-3-5-16(14)17/h3-6,9-10,14H,7-8,11H2,1-2H3. The molecule has 0 N–H and O–H groups in total. The lowest BCUT2D eigenvalue weighted by Crippen LogP contribution is -2.19. The molecule has 1 aliphatic heterocycles. The third-order valence-corrected chi connectivity index (χ3v) is 5.19. The predicted molar refractivity (Wildman–Crippen MR) is 88.4 cm³/mol. The molecule has 0 saturated carbocycles. The predicted octanol–water partition coefficient (Wildman–Crippen LogP) is 5.01. The molecule has 1 heterocycles. The van der Waals surface area contributed by atoms with Crippen molar-refractivity contribution in [3.8, 4) is 11.5 Å². The maximum atomic E-state index is 6.04. The first-order chi connectivity index (χ1) is 10.1. The van der Waals surface area contributed by atoms with Crippen LogP contribution in [0, 0.1) is 13.8 Å². The fourth-order valence-corrected chi connectivity index (χ4v) is 3.00. The number of ether oxygens (including phenoxy) is 2. The molecular weight excluding hydrogens is 328 g/mol. The van der Waals surface area contributed by atoms with Crippen LogP contribution < -0.4 is 9.47 Å². The van der Waals surface area contributed by atoms with E-state index in [0.29, 0.717) is 12.5 Å². The Hall–Kier alpha value is -1.48. The Morgan fingerprint density at radius 3 is 2.67 bits per heavy atom. The number of hydrogen-bond donors (Lipinski definition) is 0. The smallest absolute Gasteiger partial charge is 0.122 e. The van der Waals surface area contributed by atoms with Gasteiger partial charge < -0.3 is 9.47 Å². The van der Waals surface area contributed by atoms with Gasteiger partial charge in [0.25, 0.3) is 0 Å². The van der Waals surface area contributed by atoms with Crippen molar-refractivity contribution in [2.75, 3.05) is 13.2 Å². The van der Waals surface area contributed by atoms with E-state index in [1.807, 2.05) is 12.1 Å². The number of benzene rings is 2. The van der Waals surface area contributed by atoms with E-state index in [4.69, 9.17) is 9.47 Å². The fourth-order valence-electron chi connectivity index (χ4n) is 2.78. The van der Waals surface area contributed by atoms with Crippen molar-refractivity contribution in [2.24, 2.45) is 0 Å². The molecule has 0 amide bonds. The number of halogens is 1. The van der Waals surface area contributed by atoms with E-state index in [-0.39, 0.29) is 0 Å². The van der Waals surface area contributed by atoms with Gasteiger partial charge in [0, 0.05) is 16.0 Å². The monoisotopic (exact) mass is 346 g/mol. The SMILES string of the molecule is Cc1cc(OCC2CCOc3ccccc32)cc(C)c1Br.